The summed E-state index contributed by atoms with van der Waals surface area (Å²) in [5.41, 5.74) is 1.73. The summed E-state index contributed by atoms with van der Waals surface area (Å²) in [4.78, 5) is 53.1. The van der Waals surface area contributed by atoms with Crippen LogP contribution >= 0.6 is 0 Å². The number of rotatable bonds is 12. The predicted molar refractivity (Wildman–Crippen MR) is 143 cm³/mol. The van der Waals surface area contributed by atoms with Gasteiger partial charge in [-0.25, -0.2) is 4.79 Å². The van der Waals surface area contributed by atoms with Gasteiger partial charge in [-0.2, -0.15) is 0 Å². The van der Waals surface area contributed by atoms with E-state index in [0.717, 1.165) is 11.1 Å². The Kier molecular flexibility index (Phi) is 12.3. The Morgan fingerprint density at radius 3 is 2.16 bits per heavy atom. The lowest BCUT2D eigenvalue weighted by Crippen LogP contribution is -2.55. The van der Waals surface area contributed by atoms with Crippen LogP contribution in [0.5, 0.6) is 0 Å². The van der Waals surface area contributed by atoms with Gasteiger partial charge in [0.2, 0.25) is 11.8 Å². The van der Waals surface area contributed by atoms with E-state index in [0.29, 0.717) is 5.56 Å². The van der Waals surface area contributed by atoms with Gasteiger partial charge in [0.15, 0.2) is 0 Å². The van der Waals surface area contributed by atoms with Gasteiger partial charge in [0.1, 0.15) is 17.7 Å². The number of ether oxygens (including phenoxy) is 2. The fraction of sp³-hybridized carbons (Fsp3) is 0.571. The van der Waals surface area contributed by atoms with E-state index in [1.807, 2.05) is 32.0 Å². The zero-order valence-corrected chi connectivity index (χ0v) is 23.5. The lowest BCUT2D eigenvalue weighted by Gasteiger charge is -2.35. The molecular weight excluding hydrogens is 474 g/mol. The Hall–Kier alpha value is -3.36. The highest BCUT2D eigenvalue weighted by molar-refractivity contribution is 5.92. The van der Waals surface area contributed by atoms with Gasteiger partial charge >= 0.3 is 12.1 Å². The topological polar surface area (TPSA) is 114 Å². The molecule has 2 N–H and O–H groups in total. The molecule has 0 aliphatic rings. The third-order valence-corrected chi connectivity index (χ3v) is 5.27. The van der Waals surface area contributed by atoms with Crippen LogP contribution in [-0.2, 0) is 23.9 Å². The van der Waals surface area contributed by atoms with Gasteiger partial charge in [0.05, 0.1) is 13.0 Å². The van der Waals surface area contributed by atoms with Crippen molar-refractivity contribution in [3.8, 4) is 0 Å². The van der Waals surface area contributed by atoms with E-state index < -0.39 is 41.6 Å². The third-order valence-electron chi connectivity index (χ3n) is 5.27. The minimum absolute atomic E-state index is 0.00334. The molecule has 0 aromatic heterocycles. The van der Waals surface area contributed by atoms with Crippen molar-refractivity contribution >= 4 is 23.9 Å². The van der Waals surface area contributed by atoms with Gasteiger partial charge in [0.25, 0.3) is 0 Å². The predicted octanol–water partition coefficient (Wildman–Crippen LogP) is 3.98. The van der Waals surface area contributed by atoms with Crippen LogP contribution in [0, 0.1) is 19.8 Å². The number of esters is 1. The van der Waals surface area contributed by atoms with Crippen molar-refractivity contribution in [3.05, 3.63) is 47.5 Å². The number of nitrogens with one attached hydrogen (secondary N) is 2. The second-order valence-corrected chi connectivity index (χ2v) is 10.3. The van der Waals surface area contributed by atoms with Gasteiger partial charge in [0, 0.05) is 13.1 Å². The second kappa shape index (κ2) is 14.4. The summed E-state index contributed by atoms with van der Waals surface area (Å²) in [5.74, 6) is -1.62. The molecule has 0 heterocycles. The van der Waals surface area contributed by atoms with E-state index in [2.05, 4.69) is 17.2 Å². The number of hydrogen-bond donors (Lipinski definition) is 2. The van der Waals surface area contributed by atoms with Crippen molar-refractivity contribution in [2.24, 2.45) is 5.92 Å². The molecule has 0 aliphatic carbocycles. The number of carbonyl (C=O) groups is 4. The van der Waals surface area contributed by atoms with Crippen molar-refractivity contribution in [2.45, 2.75) is 79.5 Å². The Morgan fingerprint density at radius 1 is 1.08 bits per heavy atom. The molecule has 1 aromatic rings. The maximum atomic E-state index is 13.9. The summed E-state index contributed by atoms with van der Waals surface area (Å²) in [6.07, 6.45) is 0.813. The average molecular weight is 518 g/mol. The maximum absolute atomic E-state index is 13.9. The van der Waals surface area contributed by atoms with Crippen LogP contribution in [0.1, 0.15) is 70.7 Å². The normalized spacial score (nSPS) is 12.8. The van der Waals surface area contributed by atoms with Gasteiger partial charge in [-0.15, -0.1) is 6.58 Å². The molecule has 3 amide bonds. The highest BCUT2D eigenvalue weighted by atomic mass is 16.6. The fourth-order valence-corrected chi connectivity index (χ4v) is 3.85. The molecule has 0 spiro atoms. The standard InChI is InChI=1S/C28H43N3O6/c1-10-14-31(26(34)23(18(3)4)30-27(35)37-28(7,8)9)24(21-16-19(5)15-20(6)17-21)25(33)29-13-12-22(32)36-11-2/h10,15-18,23-24H,1,11-14H2,2-9H3,(H,29,33)(H,30,35). The number of alkyl carbamates (subject to hydrolysis) is 1. The fourth-order valence-electron chi connectivity index (χ4n) is 3.85. The SMILES string of the molecule is C=CCN(C(=O)C(NC(=O)OC(C)(C)C)C(C)C)C(C(=O)NCCC(=O)OCC)c1cc(C)cc(C)c1. The van der Waals surface area contributed by atoms with Gasteiger partial charge in [-0.3, -0.25) is 14.4 Å². The molecule has 0 saturated carbocycles. The van der Waals surface area contributed by atoms with Gasteiger partial charge < -0.3 is 25.0 Å². The molecule has 37 heavy (non-hydrogen) atoms. The quantitative estimate of drug-likeness (QED) is 0.320. The molecule has 1 rings (SSSR count). The average Bonchev–Trinajstić information content (AvgIpc) is 2.75. The van der Waals surface area contributed by atoms with Crippen LogP contribution in [0.25, 0.3) is 0 Å². The molecule has 1 aromatic carbocycles. The lowest BCUT2D eigenvalue weighted by atomic mass is 9.96. The lowest BCUT2D eigenvalue weighted by molar-refractivity contribution is -0.144. The number of amides is 3. The number of hydrogen-bond acceptors (Lipinski definition) is 6. The molecule has 9 heteroatoms. The minimum Gasteiger partial charge on any atom is -0.466 e. The monoisotopic (exact) mass is 517 g/mol. The first kappa shape index (κ1) is 31.7. The minimum atomic E-state index is -1.02. The van der Waals surface area contributed by atoms with E-state index >= 15 is 0 Å². The van der Waals surface area contributed by atoms with Crippen molar-refractivity contribution in [1.29, 1.82) is 0 Å². The van der Waals surface area contributed by atoms with Gasteiger partial charge in [-0.1, -0.05) is 49.2 Å². The zero-order valence-electron chi connectivity index (χ0n) is 23.5. The summed E-state index contributed by atoms with van der Waals surface area (Å²) >= 11 is 0. The molecule has 206 valence electrons. The first-order chi connectivity index (χ1) is 17.2. The van der Waals surface area contributed by atoms with Crippen molar-refractivity contribution in [3.63, 3.8) is 0 Å². The van der Waals surface area contributed by atoms with Crippen LogP contribution in [-0.4, -0.2) is 60.1 Å². The molecule has 0 aliphatic heterocycles. The Bertz CT molecular complexity index is 947. The number of benzene rings is 1. The third kappa shape index (κ3) is 10.7. The number of aryl methyl sites for hydroxylation is 2. The summed E-state index contributed by atoms with van der Waals surface area (Å²) in [5, 5.41) is 5.44. The van der Waals surface area contributed by atoms with Crippen LogP contribution in [0.4, 0.5) is 4.79 Å². The maximum Gasteiger partial charge on any atom is 0.408 e. The summed E-state index contributed by atoms with van der Waals surface area (Å²) in [6.45, 7) is 18.5. The largest absolute Gasteiger partial charge is 0.466 e. The molecule has 2 atom stereocenters. The summed E-state index contributed by atoms with van der Waals surface area (Å²) < 4.78 is 10.3. The van der Waals surface area contributed by atoms with E-state index in [-0.39, 0.29) is 32.0 Å². The van der Waals surface area contributed by atoms with Crippen LogP contribution < -0.4 is 10.6 Å². The highest BCUT2D eigenvalue weighted by Gasteiger charge is 2.37. The van der Waals surface area contributed by atoms with Crippen LogP contribution in [0.15, 0.2) is 30.9 Å². The smallest absolute Gasteiger partial charge is 0.408 e. The Labute approximate surface area is 221 Å². The van der Waals surface area contributed by atoms with E-state index in [1.165, 1.54) is 11.0 Å². The molecule has 0 fully saturated rings. The van der Waals surface area contributed by atoms with Gasteiger partial charge in [-0.05, 0) is 53.0 Å². The van der Waals surface area contributed by atoms with Crippen molar-refractivity contribution in [1.82, 2.24) is 15.5 Å². The molecular formula is C28H43N3O6. The van der Waals surface area contributed by atoms with E-state index in [4.69, 9.17) is 9.47 Å². The highest BCUT2D eigenvalue weighted by Crippen LogP contribution is 2.26. The summed E-state index contributed by atoms with van der Waals surface area (Å²) in [6, 6.07) is 3.69. The molecule has 0 bridgehead atoms. The van der Waals surface area contributed by atoms with E-state index in [9.17, 15) is 19.2 Å². The molecule has 9 nitrogen and oxygen atoms in total. The van der Waals surface area contributed by atoms with Crippen molar-refractivity contribution < 1.29 is 28.7 Å². The van der Waals surface area contributed by atoms with Crippen LogP contribution in [0.2, 0.25) is 0 Å². The second-order valence-electron chi connectivity index (χ2n) is 10.3. The Balaban J connectivity index is 3.40. The molecule has 0 saturated heterocycles. The zero-order chi connectivity index (χ0) is 28.3. The molecule has 2 unspecified atom stereocenters. The molecule has 0 radical (unpaired) electrons. The number of nitrogens with zero attached hydrogens (tertiary/aromatic N) is 1. The summed E-state index contributed by atoms with van der Waals surface area (Å²) in [7, 11) is 0. The number of carbonyl (C=O) groups excluding carboxylic acids is 4. The first-order valence-corrected chi connectivity index (χ1v) is 12.6. The van der Waals surface area contributed by atoms with Crippen molar-refractivity contribution in [2.75, 3.05) is 19.7 Å². The Morgan fingerprint density at radius 2 is 1.68 bits per heavy atom. The van der Waals surface area contributed by atoms with E-state index in [1.54, 1.807) is 41.5 Å². The van der Waals surface area contributed by atoms with Crippen LogP contribution in [0.3, 0.4) is 0 Å². The first-order valence-electron chi connectivity index (χ1n) is 12.6.